The molecule has 24 heavy (non-hydrogen) atoms. The Kier molecular flexibility index (Phi) is 5.60. The number of rotatable bonds is 3. The van der Waals surface area contributed by atoms with E-state index in [4.69, 9.17) is 15.2 Å². The first-order valence-electron chi connectivity index (χ1n) is 7.45. The lowest BCUT2D eigenvalue weighted by Crippen LogP contribution is -2.28. The van der Waals surface area contributed by atoms with Crippen molar-refractivity contribution in [3.8, 4) is 0 Å². The Bertz CT molecular complexity index is 654. The van der Waals surface area contributed by atoms with E-state index in [1.54, 1.807) is 41.5 Å². The number of nitrogens with two attached hydrogens (primary N) is 1. The molecule has 0 aliphatic rings. The van der Waals surface area contributed by atoms with Gasteiger partial charge in [0.05, 0.1) is 22.5 Å². The van der Waals surface area contributed by atoms with Crippen LogP contribution >= 0.6 is 0 Å². The molecule has 1 amide bonds. The number of hydrogen-bond acceptors (Lipinski definition) is 6. The van der Waals surface area contributed by atoms with Crippen molar-refractivity contribution in [1.82, 2.24) is 0 Å². The van der Waals surface area contributed by atoms with Crippen molar-refractivity contribution in [3.05, 3.63) is 23.3 Å². The average molecular weight is 336 g/mol. The van der Waals surface area contributed by atoms with Crippen LogP contribution < -0.4 is 11.1 Å². The molecule has 0 aliphatic carbocycles. The number of hydrogen-bond donors (Lipinski definition) is 2. The number of esters is 1. The lowest BCUT2D eigenvalue weighted by Gasteiger charge is -2.22. The van der Waals surface area contributed by atoms with Gasteiger partial charge in [-0.3, -0.25) is 10.1 Å². The molecule has 1 aromatic carbocycles. The van der Waals surface area contributed by atoms with E-state index in [1.165, 1.54) is 12.1 Å². The SMILES string of the molecule is CC(C)(C)OC(=O)Nc1ccc(C(=O)OC(C)(C)C)c(N)c1C=O. The van der Waals surface area contributed by atoms with Crippen molar-refractivity contribution < 1.29 is 23.9 Å². The zero-order valence-corrected chi connectivity index (χ0v) is 14.9. The number of carbonyl (C=O) groups is 3. The summed E-state index contributed by atoms with van der Waals surface area (Å²) in [6.45, 7) is 10.3. The number of benzene rings is 1. The van der Waals surface area contributed by atoms with E-state index in [1.807, 2.05) is 0 Å². The Balaban J connectivity index is 3.11. The van der Waals surface area contributed by atoms with E-state index < -0.39 is 23.3 Å². The predicted octanol–water partition coefficient (Wildman–Crippen LogP) is 3.38. The van der Waals surface area contributed by atoms with Crippen LogP contribution in [0.5, 0.6) is 0 Å². The molecule has 0 aliphatic heterocycles. The van der Waals surface area contributed by atoms with Crippen molar-refractivity contribution >= 4 is 29.7 Å². The van der Waals surface area contributed by atoms with E-state index >= 15 is 0 Å². The second kappa shape index (κ2) is 6.90. The highest BCUT2D eigenvalue weighted by Crippen LogP contribution is 2.27. The number of anilines is 2. The van der Waals surface area contributed by atoms with Gasteiger partial charge in [-0.05, 0) is 53.7 Å². The second-order valence-electron chi connectivity index (χ2n) is 7.23. The summed E-state index contributed by atoms with van der Waals surface area (Å²) >= 11 is 0. The van der Waals surface area contributed by atoms with Crippen LogP contribution in [0.4, 0.5) is 16.2 Å². The number of carbonyl (C=O) groups excluding carboxylic acids is 3. The third-order valence-corrected chi connectivity index (χ3v) is 2.66. The lowest BCUT2D eigenvalue weighted by atomic mass is 10.1. The van der Waals surface area contributed by atoms with Gasteiger partial charge in [0.1, 0.15) is 11.2 Å². The van der Waals surface area contributed by atoms with Gasteiger partial charge < -0.3 is 15.2 Å². The predicted molar refractivity (Wildman–Crippen MR) is 91.3 cm³/mol. The highest BCUT2D eigenvalue weighted by atomic mass is 16.6. The molecule has 0 fully saturated rings. The molecule has 3 N–H and O–H groups in total. The van der Waals surface area contributed by atoms with Crippen molar-refractivity contribution in [2.75, 3.05) is 11.1 Å². The zero-order chi connectivity index (χ0) is 18.7. The van der Waals surface area contributed by atoms with E-state index in [9.17, 15) is 14.4 Å². The van der Waals surface area contributed by atoms with Crippen molar-refractivity contribution in [2.45, 2.75) is 52.7 Å². The summed E-state index contributed by atoms with van der Waals surface area (Å²) in [5, 5.41) is 2.45. The minimum Gasteiger partial charge on any atom is -0.456 e. The molecule has 7 heteroatoms. The Morgan fingerprint density at radius 3 is 2.04 bits per heavy atom. The standard InChI is InChI=1S/C17H24N2O5/c1-16(2,3)23-14(21)10-7-8-12(11(9-20)13(10)18)19-15(22)24-17(4,5)6/h7-9H,18H2,1-6H3,(H,19,22). The molecule has 0 radical (unpaired) electrons. The molecular formula is C17H24N2O5. The molecular weight excluding hydrogens is 312 g/mol. The van der Waals surface area contributed by atoms with Gasteiger partial charge >= 0.3 is 12.1 Å². The third-order valence-electron chi connectivity index (χ3n) is 2.66. The normalized spacial score (nSPS) is 11.6. The first-order chi connectivity index (χ1) is 10.8. The number of ether oxygens (including phenoxy) is 2. The fourth-order valence-electron chi connectivity index (χ4n) is 1.80. The molecule has 0 saturated heterocycles. The van der Waals surface area contributed by atoms with Gasteiger partial charge in [0.15, 0.2) is 6.29 Å². The molecule has 1 rings (SSSR count). The second-order valence-corrected chi connectivity index (χ2v) is 7.23. The van der Waals surface area contributed by atoms with Crippen molar-refractivity contribution in [3.63, 3.8) is 0 Å². The minimum absolute atomic E-state index is 0.00998. The fraction of sp³-hybridized carbons (Fsp3) is 0.471. The summed E-state index contributed by atoms with van der Waals surface area (Å²) in [6, 6.07) is 2.80. The summed E-state index contributed by atoms with van der Waals surface area (Å²) in [4.78, 5) is 35.3. The van der Waals surface area contributed by atoms with E-state index in [-0.39, 0.29) is 22.5 Å². The minimum atomic E-state index is -0.727. The quantitative estimate of drug-likeness (QED) is 0.498. The summed E-state index contributed by atoms with van der Waals surface area (Å²) in [5.41, 5.74) is 4.65. The largest absolute Gasteiger partial charge is 0.456 e. The van der Waals surface area contributed by atoms with Crippen LogP contribution in [-0.4, -0.2) is 29.6 Å². The van der Waals surface area contributed by atoms with Crippen LogP contribution in [0.15, 0.2) is 12.1 Å². The van der Waals surface area contributed by atoms with Crippen molar-refractivity contribution in [2.24, 2.45) is 0 Å². The Hall–Kier alpha value is -2.57. The number of amides is 1. The zero-order valence-electron chi connectivity index (χ0n) is 14.9. The van der Waals surface area contributed by atoms with Crippen molar-refractivity contribution in [1.29, 1.82) is 0 Å². The molecule has 132 valence electrons. The Morgan fingerprint density at radius 2 is 1.58 bits per heavy atom. The first kappa shape index (κ1) is 19.5. The third kappa shape index (κ3) is 5.57. The van der Waals surface area contributed by atoms with Crippen LogP contribution in [0.2, 0.25) is 0 Å². The molecule has 0 bridgehead atoms. The number of aldehydes is 1. The Morgan fingerprint density at radius 1 is 1.04 bits per heavy atom. The molecule has 0 atom stereocenters. The molecule has 0 saturated carbocycles. The van der Waals surface area contributed by atoms with Gasteiger partial charge in [-0.1, -0.05) is 0 Å². The monoisotopic (exact) mass is 336 g/mol. The molecule has 0 unspecified atom stereocenters. The summed E-state index contributed by atoms with van der Waals surface area (Å²) in [5.74, 6) is -0.646. The van der Waals surface area contributed by atoms with Crippen LogP contribution in [0.25, 0.3) is 0 Å². The number of nitrogens with one attached hydrogen (secondary N) is 1. The van der Waals surface area contributed by atoms with Crippen LogP contribution in [-0.2, 0) is 9.47 Å². The first-order valence-corrected chi connectivity index (χ1v) is 7.45. The fourth-order valence-corrected chi connectivity index (χ4v) is 1.80. The molecule has 0 spiro atoms. The van der Waals surface area contributed by atoms with Crippen LogP contribution in [0.3, 0.4) is 0 Å². The van der Waals surface area contributed by atoms with E-state index in [0.717, 1.165) is 0 Å². The van der Waals surface area contributed by atoms with Gasteiger partial charge in [0.2, 0.25) is 0 Å². The van der Waals surface area contributed by atoms with E-state index in [2.05, 4.69) is 5.32 Å². The topological polar surface area (TPSA) is 108 Å². The highest BCUT2D eigenvalue weighted by Gasteiger charge is 2.23. The van der Waals surface area contributed by atoms with E-state index in [0.29, 0.717) is 6.29 Å². The van der Waals surface area contributed by atoms with Gasteiger partial charge in [-0.2, -0.15) is 0 Å². The van der Waals surface area contributed by atoms with Gasteiger partial charge in [-0.15, -0.1) is 0 Å². The molecule has 0 heterocycles. The summed E-state index contributed by atoms with van der Waals surface area (Å²) < 4.78 is 10.4. The molecule has 7 nitrogen and oxygen atoms in total. The van der Waals surface area contributed by atoms with Crippen LogP contribution in [0, 0.1) is 0 Å². The molecule has 1 aromatic rings. The number of nitrogen functional groups attached to an aromatic ring is 1. The Labute approximate surface area is 141 Å². The summed E-state index contributed by atoms with van der Waals surface area (Å²) in [7, 11) is 0. The molecule has 0 aromatic heterocycles. The highest BCUT2D eigenvalue weighted by molar-refractivity contribution is 6.05. The smallest absolute Gasteiger partial charge is 0.412 e. The average Bonchev–Trinajstić information content (AvgIpc) is 2.34. The maximum atomic E-state index is 12.1. The van der Waals surface area contributed by atoms with Gasteiger partial charge in [0.25, 0.3) is 0 Å². The van der Waals surface area contributed by atoms with Gasteiger partial charge in [-0.25, -0.2) is 9.59 Å². The van der Waals surface area contributed by atoms with Gasteiger partial charge in [0, 0.05) is 0 Å². The maximum absolute atomic E-state index is 12.1. The lowest BCUT2D eigenvalue weighted by molar-refractivity contribution is 0.00706. The maximum Gasteiger partial charge on any atom is 0.412 e. The summed E-state index contributed by atoms with van der Waals surface area (Å²) in [6.07, 6.45) is -0.259. The van der Waals surface area contributed by atoms with Crippen LogP contribution in [0.1, 0.15) is 62.3 Å².